The number of rotatable bonds is 8. The number of aryl methyl sites for hydroxylation is 1. The Balaban J connectivity index is 1.62. The molecule has 0 spiro atoms. The number of anilines is 1. The summed E-state index contributed by atoms with van der Waals surface area (Å²) < 4.78 is 36.4. The number of sulfone groups is 1. The molecule has 0 unspecified atom stereocenters. The van der Waals surface area contributed by atoms with E-state index in [0.717, 1.165) is 11.3 Å². The van der Waals surface area contributed by atoms with Gasteiger partial charge in [-0.15, -0.1) is 0 Å². The van der Waals surface area contributed by atoms with E-state index in [-0.39, 0.29) is 17.4 Å². The zero-order chi connectivity index (χ0) is 25.2. The van der Waals surface area contributed by atoms with Crippen LogP contribution in [0.2, 0.25) is 0 Å². The summed E-state index contributed by atoms with van der Waals surface area (Å²) in [6, 6.07) is 17.2. The highest BCUT2D eigenvalue weighted by molar-refractivity contribution is 7.90. The van der Waals surface area contributed by atoms with E-state index in [9.17, 15) is 13.2 Å². The lowest BCUT2D eigenvalue weighted by molar-refractivity contribution is 0.0992. The van der Waals surface area contributed by atoms with Crippen LogP contribution >= 0.6 is 0 Å². The highest BCUT2D eigenvalue weighted by Crippen LogP contribution is 2.29. The predicted molar refractivity (Wildman–Crippen MR) is 134 cm³/mol. The van der Waals surface area contributed by atoms with Gasteiger partial charge in [-0.05, 0) is 60.5 Å². The number of nitrogens with zero attached hydrogens (tertiary/aromatic N) is 3. The Morgan fingerprint density at radius 1 is 1.06 bits per heavy atom. The largest absolute Gasteiger partial charge is 0.497 e. The number of carbonyl (C=O) groups excluding carboxylic acids is 1. The van der Waals surface area contributed by atoms with Gasteiger partial charge in [0.05, 0.1) is 17.7 Å². The van der Waals surface area contributed by atoms with Gasteiger partial charge in [-0.3, -0.25) is 14.1 Å². The summed E-state index contributed by atoms with van der Waals surface area (Å²) in [6.07, 6.45) is 3.66. The highest BCUT2D eigenvalue weighted by Gasteiger charge is 2.22. The molecular formula is C26H27N3O5S. The molecular weight excluding hydrogens is 466 g/mol. The van der Waals surface area contributed by atoms with E-state index >= 15 is 0 Å². The van der Waals surface area contributed by atoms with Gasteiger partial charge in [-0.2, -0.15) is 0 Å². The SMILES string of the molecule is CCc1nc2c(OCc3ccc(S(C)(=O)=O)cc3)cccn2c1N(C)C(=O)c1ccc(OC)cc1. The maximum absolute atomic E-state index is 13.2. The molecule has 2 heterocycles. The minimum Gasteiger partial charge on any atom is -0.497 e. The first-order valence-electron chi connectivity index (χ1n) is 11.1. The lowest BCUT2D eigenvalue weighted by Crippen LogP contribution is -2.28. The van der Waals surface area contributed by atoms with Gasteiger partial charge in [0.15, 0.2) is 21.2 Å². The van der Waals surface area contributed by atoms with Crippen LogP contribution in [0.3, 0.4) is 0 Å². The van der Waals surface area contributed by atoms with Crippen molar-refractivity contribution < 1.29 is 22.7 Å². The van der Waals surface area contributed by atoms with Crippen LogP contribution in [0.4, 0.5) is 5.82 Å². The summed E-state index contributed by atoms with van der Waals surface area (Å²) in [5.74, 6) is 1.75. The molecule has 0 saturated carbocycles. The summed E-state index contributed by atoms with van der Waals surface area (Å²) in [4.78, 5) is 19.8. The van der Waals surface area contributed by atoms with Crippen LogP contribution in [-0.2, 0) is 22.9 Å². The molecule has 0 aliphatic heterocycles. The third kappa shape index (κ3) is 5.00. The maximum atomic E-state index is 13.2. The molecule has 0 saturated heterocycles. The monoisotopic (exact) mass is 493 g/mol. The zero-order valence-electron chi connectivity index (χ0n) is 20.1. The van der Waals surface area contributed by atoms with Crippen molar-refractivity contribution >= 4 is 27.2 Å². The van der Waals surface area contributed by atoms with Gasteiger partial charge in [0.1, 0.15) is 18.2 Å². The van der Waals surface area contributed by atoms with E-state index in [2.05, 4.69) is 0 Å². The molecule has 35 heavy (non-hydrogen) atoms. The number of hydrogen-bond donors (Lipinski definition) is 0. The van der Waals surface area contributed by atoms with Crippen molar-refractivity contribution in [2.45, 2.75) is 24.8 Å². The Labute approximate surface area is 204 Å². The quantitative estimate of drug-likeness (QED) is 0.366. The van der Waals surface area contributed by atoms with E-state index in [1.807, 2.05) is 29.7 Å². The van der Waals surface area contributed by atoms with Gasteiger partial charge in [-0.1, -0.05) is 19.1 Å². The number of hydrogen-bond acceptors (Lipinski definition) is 6. The molecule has 8 nitrogen and oxygen atoms in total. The molecule has 4 aromatic rings. The van der Waals surface area contributed by atoms with E-state index in [4.69, 9.17) is 14.5 Å². The Kier molecular flexibility index (Phi) is 6.79. The van der Waals surface area contributed by atoms with E-state index < -0.39 is 9.84 Å². The Hall–Kier alpha value is -3.85. The summed E-state index contributed by atoms with van der Waals surface area (Å²) in [6.45, 7) is 2.23. The van der Waals surface area contributed by atoms with Gasteiger partial charge in [0, 0.05) is 25.1 Å². The molecule has 0 atom stereocenters. The number of imidazole rings is 1. The number of methoxy groups -OCH3 is 1. The number of fused-ring (bicyclic) bond motifs is 1. The molecule has 2 aromatic heterocycles. The predicted octanol–water partition coefficient (Wildman–Crippen LogP) is 4.16. The molecule has 4 rings (SSSR count). The van der Waals surface area contributed by atoms with Crippen LogP contribution in [0.1, 0.15) is 28.5 Å². The minimum absolute atomic E-state index is 0.165. The van der Waals surface area contributed by atoms with Crippen molar-refractivity contribution in [3.05, 3.63) is 83.7 Å². The first kappa shape index (κ1) is 24.3. The fourth-order valence-corrected chi connectivity index (χ4v) is 4.43. The number of aromatic nitrogens is 2. The summed E-state index contributed by atoms with van der Waals surface area (Å²) in [5, 5.41) is 0. The van der Waals surface area contributed by atoms with Gasteiger partial charge >= 0.3 is 0 Å². The zero-order valence-corrected chi connectivity index (χ0v) is 20.9. The molecule has 0 radical (unpaired) electrons. The summed E-state index contributed by atoms with van der Waals surface area (Å²) in [7, 11) is 0.0588. The van der Waals surface area contributed by atoms with E-state index in [1.165, 1.54) is 6.26 Å². The smallest absolute Gasteiger partial charge is 0.259 e. The normalized spacial score (nSPS) is 11.4. The second-order valence-electron chi connectivity index (χ2n) is 8.10. The first-order valence-corrected chi connectivity index (χ1v) is 13.0. The van der Waals surface area contributed by atoms with Gasteiger partial charge < -0.3 is 9.47 Å². The third-order valence-electron chi connectivity index (χ3n) is 5.70. The fourth-order valence-electron chi connectivity index (χ4n) is 3.80. The fraction of sp³-hybridized carbons (Fsp3) is 0.231. The summed E-state index contributed by atoms with van der Waals surface area (Å²) in [5.41, 5.74) is 2.73. The van der Waals surface area contributed by atoms with Gasteiger partial charge in [0.25, 0.3) is 5.91 Å². The van der Waals surface area contributed by atoms with E-state index in [1.54, 1.807) is 67.6 Å². The van der Waals surface area contributed by atoms with Crippen molar-refractivity contribution in [1.29, 1.82) is 0 Å². The highest BCUT2D eigenvalue weighted by atomic mass is 32.2. The van der Waals surface area contributed by atoms with Crippen LogP contribution < -0.4 is 14.4 Å². The standard InChI is InChI=1S/C26H27N3O5S/c1-5-22-25(28(2)26(30)19-10-12-20(33-3)13-11-19)29-16-6-7-23(24(29)27-22)34-17-18-8-14-21(15-9-18)35(4,31)32/h6-16H,5,17H2,1-4H3. The topological polar surface area (TPSA) is 90.2 Å². The van der Waals surface area contributed by atoms with Crippen LogP contribution in [0.15, 0.2) is 71.8 Å². The van der Waals surface area contributed by atoms with Crippen molar-refractivity contribution in [2.24, 2.45) is 0 Å². The molecule has 0 N–H and O–H groups in total. The molecule has 182 valence electrons. The molecule has 1 amide bonds. The number of benzene rings is 2. The van der Waals surface area contributed by atoms with E-state index in [0.29, 0.717) is 34.9 Å². The van der Waals surface area contributed by atoms with Crippen LogP contribution in [0, 0.1) is 0 Å². The van der Waals surface area contributed by atoms with Gasteiger partial charge in [-0.25, -0.2) is 13.4 Å². The average Bonchev–Trinajstić information content (AvgIpc) is 3.25. The molecule has 2 aromatic carbocycles. The Morgan fingerprint density at radius 3 is 2.34 bits per heavy atom. The third-order valence-corrected chi connectivity index (χ3v) is 6.83. The van der Waals surface area contributed by atoms with Crippen molar-refractivity contribution in [2.75, 3.05) is 25.3 Å². The van der Waals surface area contributed by atoms with Crippen LogP contribution in [0.25, 0.3) is 5.65 Å². The second-order valence-corrected chi connectivity index (χ2v) is 10.1. The number of pyridine rings is 1. The second kappa shape index (κ2) is 9.79. The Morgan fingerprint density at radius 2 is 1.74 bits per heavy atom. The van der Waals surface area contributed by atoms with Crippen LogP contribution in [0.5, 0.6) is 11.5 Å². The number of amides is 1. The number of carbonyl (C=O) groups is 1. The summed E-state index contributed by atoms with van der Waals surface area (Å²) >= 11 is 0. The van der Waals surface area contributed by atoms with Crippen molar-refractivity contribution in [1.82, 2.24) is 9.38 Å². The lowest BCUT2D eigenvalue weighted by atomic mass is 10.2. The average molecular weight is 494 g/mol. The van der Waals surface area contributed by atoms with Crippen LogP contribution in [-0.4, -0.2) is 44.1 Å². The molecule has 0 aliphatic carbocycles. The lowest BCUT2D eigenvalue weighted by Gasteiger charge is -2.18. The van der Waals surface area contributed by atoms with Crippen molar-refractivity contribution in [3.8, 4) is 11.5 Å². The molecule has 0 bridgehead atoms. The van der Waals surface area contributed by atoms with Gasteiger partial charge in [0.2, 0.25) is 0 Å². The van der Waals surface area contributed by atoms with Crippen molar-refractivity contribution in [3.63, 3.8) is 0 Å². The first-order chi connectivity index (χ1) is 16.7. The maximum Gasteiger partial charge on any atom is 0.259 e. The molecule has 9 heteroatoms. The molecule has 0 aliphatic rings. The molecule has 0 fully saturated rings. The Bertz CT molecular complexity index is 1460. The number of ether oxygens (including phenoxy) is 2. The minimum atomic E-state index is -3.25.